The molecular formula is C12H17ClN2OS. The Hall–Kier alpha value is -0.710. The van der Waals surface area contributed by atoms with Crippen LogP contribution in [-0.4, -0.2) is 17.7 Å². The van der Waals surface area contributed by atoms with Crippen molar-refractivity contribution in [2.75, 3.05) is 5.75 Å². The van der Waals surface area contributed by atoms with Crippen molar-refractivity contribution in [3.05, 3.63) is 29.8 Å². The van der Waals surface area contributed by atoms with E-state index in [2.05, 4.69) is 17.4 Å². The van der Waals surface area contributed by atoms with Gasteiger partial charge in [-0.15, -0.1) is 24.2 Å². The predicted molar refractivity (Wildman–Crippen MR) is 73.6 cm³/mol. The molecule has 0 aromatic heterocycles. The minimum atomic E-state index is -0.443. The van der Waals surface area contributed by atoms with Crippen LogP contribution >= 0.6 is 24.2 Å². The van der Waals surface area contributed by atoms with Gasteiger partial charge >= 0.3 is 0 Å². The molecule has 1 aliphatic heterocycles. The third-order valence-corrected chi connectivity index (χ3v) is 3.81. The van der Waals surface area contributed by atoms with E-state index >= 15 is 0 Å². The average molecular weight is 273 g/mol. The molecule has 0 aliphatic carbocycles. The largest absolute Gasteiger partial charge is 0.348 e. The lowest BCUT2D eigenvalue weighted by molar-refractivity contribution is -0.122. The summed E-state index contributed by atoms with van der Waals surface area (Å²) < 4.78 is 0. The summed E-state index contributed by atoms with van der Waals surface area (Å²) in [5, 5.41) is 3.00. The quantitative estimate of drug-likeness (QED) is 0.867. The van der Waals surface area contributed by atoms with E-state index in [0.717, 1.165) is 12.2 Å². The average Bonchev–Trinajstić information content (AvgIpc) is 2.29. The number of carbonyl (C=O) groups is 1. The van der Waals surface area contributed by atoms with Gasteiger partial charge in [-0.25, -0.2) is 0 Å². The Morgan fingerprint density at radius 2 is 2.24 bits per heavy atom. The van der Waals surface area contributed by atoms with Gasteiger partial charge in [-0.3, -0.25) is 4.79 Å². The molecule has 5 heteroatoms. The fraction of sp³-hybridized carbons (Fsp3) is 0.417. The minimum Gasteiger partial charge on any atom is -0.348 e. The van der Waals surface area contributed by atoms with Gasteiger partial charge in [-0.05, 0) is 25.0 Å². The maximum Gasteiger partial charge on any atom is 0.237 e. The van der Waals surface area contributed by atoms with Gasteiger partial charge in [-0.2, -0.15) is 0 Å². The first-order valence-electron chi connectivity index (χ1n) is 5.46. The van der Waals surface area contributed by atoms with E-state index in [1.54, 1.807) is 6.92 Å². The summed E-state index contributed by atoms with van der Waals surface area (Å²) in [4.78, 5) is 12.8. The van der Waals surface area contributed by atoms with Crippen LogP contribution in [0.3, 0.4) is 0 Å². The van der Waals surface area contributed by atoms with Crippen LogP contribution in [0.1, 0.15) is 24.9 Å². The molecule has 1 heterocycles. The first kappa shape index (κ1) is 14.4. The molecule has 3 nitrogen and oxygen atoms in total. The monoisotopic (exact) mass is 272 g/mol. The van der Waals surface area contributed by atoms with Crippen molar-refractivity contribution in [3.63, 3.8) is 0 Å². The van der Waals surface area contributed by atoms with Crippen LogP contribution in [0.2, 0.25) is 0 Å². The maximum atomic E-state index is 11.6. The van der Waals surface area contributed by atoms with Crippen LogP contribution in [0.5, 0.6) is 0 Å². The maximum absolute atomic E-state index is 11.6. The van der Waals surface area contributed by atoms with Crippen molar-refractivity contribution in [1.82, 2.24) is 5.32 Å². The van der Waals surface area contributed by atoms with Gasteiger partial charge in [-0.1, -0.05) is 18.2 Å². The molecule has 0 fully saturated rings. The standard InChI is InChI=1S/C12H16N2OS.ClH/c1-8(13)12(15)14-10-6-7-16-11-5-3-2-4-9(10)11;/h2-5,8,10H,6-7,13H2,1H3,(H,14,15);1H. The van der Waals surface area contributed by atoms with Crippen molar-refractivity contribution in [3.8, 4) is 0 Å². The number of thioether (sulfide) groups is 1. The zero-order valence-corrected chi connectivity index (χ0v) is 11.3. The fourth-order valence-corrected chi connectivity index (χ4v) is 2.92. The summed E-state index contributed by atoms with van der Waals surface area (Å²) in [5.41, 5.74) is 6.77. The van der Waals surface area contributed by atoms with E-state index in [4.69, 9.17) is 5.73 Å². The van der Waals surface area contributed by atoms with E-state index in [1.165, 1.54) is 10.5 Å². The summed E-state index contributed by atoms with van der Waals surface area (Å²) in [5.74, 6) is 0.965. The Balaban J connectivity index is 0.00000144. The third kappa shape index (κ3) is 3.37. The Kier molecular flexibility index (Phi) is 5.31. The van der Waals surface area contributed by atoms with Gasteiger partial charge < -0.3 is 11.1 Å². The normalized spacial score (nSPS) is 19.8. The molecule has 0 spiro atoms. The number of carbonyl (C=O) groups excluding carboxylic acids is 1. The molecule has 1 aliphatic rings. The highest BCUT2D eigenvalue weighted by molar-refractivity contribution is 7.99. The van der Waals surface area contributed by atoms with Gasteiger partial charge in [0.25, 0.3) is 0 Å². The zero-order chi connectivity index (χ0) is 11.5. The molecule has 2 atom stereocenters. The zero-order valence-electron chi connectivity index (χ0n) is 9.68. The van der Waals surface area contributed by atoms with E-state index in [0.29, 0.717) is 0 Å². The number of halogens is 1. The molecule has 2 rings (SSSR count). The van der Waals surface area contributed by atoms with Gasteiger partial charge in [0.15, 0.2) is 0 Å². The highest BCUT2D eigenvalue weighted by atomic mass is 35.5. The second-order valence-corrected chi connectivity index (χ2v) is 5.16. The SMILES string of the molecule is CC(N)C(=O)NC1CCSc2ccccc21.Cl. The second kappa shape index (κ2) is 6.28. The highest BCUT2D eigenvalue weighted by Gasteiger charge is 2.22. The van der Waals surface area contributed by atoms with Crippen LogP contribution in [0.25, 0.3) is 0 Å². The summed E-state index contributed by atoms with van der Waals surface area (Å²) in [6.45, 7) is 1.71. The third-order valence-electron chi connectivity index (χ3n) is 2.69. The molecule has 94 valence electrons. The van der Waals surface area contributed by atoms with Gasteiger partial charge in [0.1, 0.15) is 0 Å². The fourth-order valence-electron chi connectivity index (χ4n) is 1.80. The van der Waals surface area contributed by atoms with Crippen molar-refractivity contribution in [2.24, 2.45) is 5.73 Å². The molecule has 0 radical (unpaired) electrons. The smallest absolute Gasteiger partial charge is 0.237 e. The Morgan fingerprint density at radius 1 is 1.53 bits per heavy atom. The van der Waals surface area contributed by atoms with Gasteiger partial charge in [0.05, 0.1) is 12.1 Å². The number of rotatable bonds is 2. The predicted octanol–water partition coefficient (Wildman–Crippen LogP) is 2.11. The van der Waals surface area contributed by atoms with Crippen molar-refractivity contribution in [2.45, 2.75) is 30.3 Å². The molecule has 17 heavy (non-hydrogen) atoms. The number of nitrogens with one attached hydrogen (secondary N) is 1. The summed E-state index contributed by atoms with van der Waals surface area (Å²) >= 11 is 1.85. The molecule has 3 N–H and O–H groups in total. The number of hydrogen-bond donors (Lipinski definition) is 2. The number of amides is 1. The van der Waals surface area contributed by atoms with Crippen LogP contribution in [0, 0.1) is 0 Å². The summed E-state index contributed by atoms with van der Waals surface area (Å²) in [7, 11) is 0. The highest BCUT2D eigenvalue weighted by Crippen LogP contribution is 2.35. The Morgan fingerprint density at radius 3 is 2.94 bits per heavy atom. The molecule has 1 amide bonds. The molecule has 2 unspecified atom stereocenters. The number of hydrogen-bond acceptors (Lipinski definition) is 3. The lowest BCUT2D eigenvalue weighted by Gasteiger charge is -2.26. The van der Waals surface area contributed by atoms with Crippen molar-refractivity contribution >= 4 is 30.1 Å². The summed E-state index contributed by atoms with van der Waals surface area (Å²) in [6, 6.07) is 7.90. The van der Waals surface area contributed by atoms with E-state index in [-0.39, 0.29) is 24.4 Å². The van der Waals surface area contributed by atoms with E-state index in [1.807, 2.05) is 23.9 Å². The van der Waals surface area contributed by atoms with Crippen molar-refractivity contribution in [1.29, 1.82) is 0 Å². The van der Waals surface area contributed by atoms with Crippen LogP contribution in [0.4, 0.5) is 0 Å². The van der Waals surface area contributed by atoms with Crippen LogP contribution < -0.4 is 11.1 Å². The number of benzene rings is 1. The molecule has 0 saturated carbocycles. The first-order valence-corrected chi connectivity index (χ1v) is 6.44. The second-order valence-electron chi connectivity index (χ2n) is 4.02. The number of nitrogens with two attached hydrogens (primary N) is 1. The molecular weight excluding hydrogens is 256 g/mol. The summed E-state index contributed by atoms with van der Waals surface area (Å²) in [6.07, 6.45) is 0.972. The van der Waals surface area contributed by atoms with Crippen LogP contribution in [-0.2, 0) is 4.79 Å². The van der Waals surface area contributed by atoms with Crippen molar-refractivity contribution < 1.29 is 4.79 Å². The minimum absolute atomic E-state index is 0. The molecule has 1 aromatic carbocycles. The van der Waals surface area contributed by atoms with E-state index < -0.39 is 6.04 Å². The topological polar surface area (TPSA) is 55.1 Å². The van der Waals surface area contributed by atoms with Gasteiger partial charge in [0, 0.05) is 10.6 Å². The number of fused-ring (bicyclic) bond motifs is 1. The Labute approximate surface area is 112 Å². The lowest BCUT2D eigenvalue weighted by Crippen LogP contribution is -2.41. The molecule has 0 bridgehead atoms. The molecule has 0 saturated heterocycles. The van der Waals surface area contributed by atoms with Gasteiger partial charge in [0.2, 0.25) is 5.91 Å². The van der Waals surface area contributed by atoms with E-state index in [9.17, 15) is 4.79 Å². The van der Waals surface area contributed by atoms with Crippen LogP contribution in [0.15, 0.2) is 29.2 Å². The molecule has 1 aromatic rings. The first-order chi connectivity index (χ1) is 7.68. The Bertz CT molecular complexity index is 398. The lowest BCUT2D eigenvalue weighted by atomic mass is 10.0.